The first kappa shape index (κ1) is 7.65. The zero-order valence-corrected chi connectivity index (χ0v) is 7.81. The molecule has 3 heteroatoms. The summed E-state index contributed by atoms with van der Waals surface area (Å²) in [7, 11) is 0. The molecule has 1 aliphatic rings. The third kappa shape index (κ3) is 1.78. The van der Waals surface area contributed by atoms with E-state index in [0.717, 1.165) is 12.1 Å². The Morgan fingerprint density at radius 1 is 1.40 bits per heavy atom. The molecule has 0 aromatic heterocycles. The Morgan fingerprint density at radius 2 is 2.13 bits per heavy atom. The maximum atomic E-state index is 13.8. The number of phenolic OH excluding ortho intramolecular Hbond substituents is 1. The third-order valence-corrected chi connectivity index (χ3v) is 2.21. The Balaban J connectivity index is 2.65. The molecule has 1 aromatic carbocycles. The lowest BCUT2D eigenvalue weighted by Gasteiger charge is -2.21. The molecule has 0 bridgehead atoms. The molecule has 0 saturated heterocycles. The van der Waals surface area contributed by atoms with Gasteiger partial charge in [0.05, 0.1) is 7.47 Å². The van der Waals surface area contributed by atoms with Gasteiger partial charge in [-0.1, -0.05) is 30.4 Å². The van der Waals surface area contributed by atoms with E-state index in [2.05, 4.69) is 0 Å². The van der Waals surface area contributed by atoms with E-state index in [-0.39, 0.29) is 5.56 Å². The van der Waals surface area contributed by atoms with Crippen LogP contribution in [0.3, 0.4) is 0 Å². The smallest absolute Gasteiger partial charge is 0.130 e. The van der Waals surface area contributed by atoms with Gasteiger partial charge in [-0.25, -0.2) is 4.39 Å². The summed E-state index contributed by atoms with van der Waals surface area (Å²) in [6.07, 6.45) is 4.39. The maximum Gasteiger partial charge on any atom is 0.130 e. The molecule has 0 saturated carbocycles. The van der Waals surface area contributed by atoms with E-state index < -0.39 is 29.6 Å². The van der Waals surface area contributed by atoms with Crippen LogP contribution in [0.4, 0.5) is 4.39 Å². The van der Waals surface area contributed by atoms with Gasteiger partial charge in [-0.2, -0.15) is 0 Å². The van der Waals surface area contributed by atoms with Gasteiger partial charge >= 0.3 is 0 Å². The van der Waals surface area contributed by atoms with Crippen LogP contribution in [0.2, 0.25) is 0 Å². The first-order chi connectivity index (χ1) is 7.97. The van der Waals surface area contributed by atoms with Crippen molar-refractivity contribution >= 4 is 0 Å². The monoisotopic (exact) mass is 208 g/mol. The van der Waals surface area contributed by atoms with Gasteiger partial charge in [-0.3, -0.25) is 0 Å². The van der Waals surface area contributed by atoms with E-state index >= 15 is 0 Å². The molecule has 0 fully saturated rings. The lowest BCUT2D eigenvalue weighted by Crippen LogP contribution is -2.17. The number of allylic oxidation sites excluding steroid dienone is 2. The number of benzene rings is 1. The zero-order chi connectivity index (χ0) is 12.6. The average Bonchev–Trinajstić information content (AvgIpc) is 2.28. The van der Waals surface area contributed by atoms with Gasteiger partial charge in [0, 0.05) is 12.8 Å². The lowest BCUT2D eigenvalue weighted by molar-refractivity contribution is 0.202. The molecule has 2 atom stereocenters. The van der Waals surface area contributed by atoms with Crippen LogP contribution in [0.25, 0.3) is 0 Å². The summed E-state index contributed by atoms with van der Waals surface area (Å²) in [5.74, 6) is -3.23. The lowest BCUT2D eigenvalue weighted by atomic mass is 9.89. The van der Waals surface area contributed by atoms with Crippen molar-refractivity contribution in [3.05, 3.63) is 53.9 Å². The quantitative estimate of drug-likeness (QED) is 0.742. The fourth-order valence-corrected chi connectivity index (χ4v) is 1.50. The highest BCUT2D eigenvalue weighted by atomic mass is 19.1. The molecule has 0 heterocycles. The molecule has 0 aliphatic heterocycles. The summed E-state index contributed by atoms with van der Waals surface area (Å²) < 4.78 is 29.2. The molecular weight excluding hydrogens is 195 g/mol. The molecule has 2 nitrogen and oxygen atoms in total. The van der Waals surface area contributed by atoms with Crippen molar-refractivity contribution in [2.45, 2.75) is 12.0 Å². The molecule has 1 aromatic rings. The van der Waals surface area contributed by atoms with Crippen LogP contribution in [0.15, 0.2) is 42.5 Å². The molecule has 15 heavy (non-hydrogen) atoms. The maximum absolute atomic E-state index is 13.8. The van der Waals surface area contributed by atoms with Crippen LogP contribution in [0.5, 0.6) is 5.75 Å². The van der Waals surface area contributed by atoms with Crippen LogP contribution in [-0.2, 0) is 0 Å². The van der Waals surface area contributed by atoms with Gasteiger partial charge in [-0.15, -0.1) is 0 Å². The Labute approximate surface area is 89.8 Å². The fraction of sp³-hybridized carbons (Fsp3) is 0.167. The van der Waals surface area contributed by atoms with Crippen LogP contribution >= 0.6 is 0 Å². The Morgan fingerprint density at radius 3 is 2.87 bits per heavy atom. The largest absolute Gasteiger partial charge is 0.508 e. The highest BCUT2D eigenvalue weighted by Crippen LogP contribution is 2.33. The molecule has 1 aliphatic carbocycles. The molecule has 2 unspecified atom stereocenters. The topological polar surface area (TPSA) is 40.5 Å². The molecular formula is C12H11FO2. The van der Waals surface area contributed by atoms with Gasteiger partial charge in [0.25, 0.3) is 0 Å². The second kappa shape index (κ2) is 3.87. The van der Waals surface area contributed by atoms with Crippen LogP contribution < -0.4 is 0 Å². The third-order valence-electron chi connectivity index (χ3n) is 2.21. The summed E-state index contributed by atoms with van der Waals surface area (Å²) in [5, 5.41) is 19.4. The van der Waals surface area contributed by atoms with Crippen LogP contribution in [0, 0.1) is 5.82 Å². The standard InChI is InChI=1S/C12H11FO2/c13-9-5-3-7-11(15)12(9)8-4-1-2-6-10(8)14/h1-8,10,14-15H/i5D,8D. The average molecular weight is 208 g/mol. The molecule has 0 amide bonds. The summed E-state index contributed by atoms with van der Waals surface area (Å²) >= 11 is 0. The number of hydrogen-bond donors (Lipinski definition) is 2. The van der Waals surface area contributed by atoms with Gasteiger partial charge < -0.3 is 10.2 Å². The number of phenols is 1. The predicted molar refractivity (Wildman–Crippen MR) is 55.1 cm³/mol. The Kier molecular flexibility index (Phi) is 1.97. The minimum atomic E-state index is -1.81. The van der Waals surface area contributed by atoms with Crippen LogP contribution in [0.1, 0.15) is 14.2 Å². The number of hydrogen-bond acceptors (Lipinski definition) is 2. The second-order valence-corrected chi connectivity index (χ2v) is 3.20. The molecule has 2 rings (SSSR count). The predicted octanol–water partition coefficient (Wildman–Crippen LogP) is 2.10. The van der Waals surface area contributed by atoms with Gasteiger partial charge in [0.1, 0.15) is 11.6 Å². The van der Waals surface area contributed by atoms with Crippen molar-refractivity contribution in [3.63, 3.8) is 0 Å². The first-order valence-corrected chi connectivity index (χ1v) is 4.49. The number of rotatable bonds is 1. The van der Waals surface area contributed by atoms with Crippen molar-refractivity contribution in [3.8, 4) is 5.75 Å². The second-order valence-electron chi connectivity index (χ2n) is 3.20. The Bertz CT molecular complexity index is 513. The number of aromatic hydroxyl groups is 1. The molecule has 0 radical (unpaired) electrons. The summed E-state index contributed by atoms with van der Waals surface area (Å²) in [6.45, 7) is 0. The van der Waals surface area contributed by atoms with E-state index in [0.29, 0.717) is 0 Å². The van der Waals surface area contributed by atoms with Crippen molar-refractivity contribution in [2.24, 2.45) is 0 Å². The summed E-state index contributed by atoms with van der Waals surface area (Å²) in [4.78, 5) is 0. The summed E-state index contributed by atoms with van der Waals surface area (Å²) in [6, 6.07) is 1.84. The van der Waals surface area contributed by atoms with Crippen molar-refractivity contribution in [1.82, 2.24) is 0 Å². The highest BCUT2D eigenvalue weighted by molar-refractivity contribution is 5.41. The Hall–Kier alpha value is -1.61. The highest BCUT2D eigenvalue weighted by Gasteiger charge is 2.23. The minimum absolute atomic E-state index is 0.377. The number of halogens is 1. The number of aliphatic hydroxyl groups is 1. The van der Waals surface area contributed by atoms with Crippen molar-refractivity contribution in [2.75, 3.05) is 0 Å². The first-order valence-electron chi connectivity index (χ1n) is 5.49. The normalized spacial score (nSPS) is 31.2. The van der Waals surface area contributed by atoms with Crippen LogP contribution in [-0.4, -0.2) is 16.3 Å². The number of aliphatic hydroxyl groups excluding tert-OH is 1. The minimum Gasteiger partial charge on any atom is -0.508 e. The summed E-state index contributed by atoms with van der Waals surface area (Å²) in [5.41, 5.74) is -0.377. The van der Waals surface area contributed by atoms with E-state index in [9.17, 15) is 14.6 Å². The fourth-order valence-electron chi connectivity index (χ4n) is 1.50. The van der Waals surface area contributed by atoms with Crippen molar-refractivity contribution < 1.29 is 17.3 Å². The van der Waals surface area contributed by atoms with E-state index in [1.807, 2.05) is 0 Å². The van der Waals surface area contributed by atoms with Gasteiger partial charge in [-0.05, 0) is 12.1 Å². The van der Waals surface area contributed by atoms with Crippen molar-refractivity contribution in [1.29, 1.82) is 0 Å². The SMILES string of the molecule is [2H]c1ccc(O)c(C2([2H])C=CC=CC2O)c1F. The zero-order valence-electron chi connectivity index (χ0n) is 9.81. The molecule has 78 valence electrons. The van der Waals surface area contributed by atoms with E-state index in [4.69, 9.17) is 2.74 Å². The van der Waals surface area contributed by atoms with Gasteiger partial charge in [0.15, 0.2) is 0 Å². The molecule has 0 spiro atoms. The van der Waals surface area contributed by atoms with E-state index in [1.165, 1.54) is 24.3 Å². The molecule has 2 N–H and O–H groups in total. The van der Waals surface area contributed by atoms with E-state index in [1.54, 1.807) is 0 Å². The van der Waals surface area contributed by atoms with Gasteiger partial charge in [0.2, 0.25) is 0 Å².